The smallest absolute Gasteiger partial charge is 0.0495 e. The maximum atomic E-state index is 4.10. The van der Waals surface area contributed by atoms with E-state index in [1.54, 1.807) is 0 Å². The number of benzene rings is 8. The number of hydrogen-bond acceptors (Lipinski definition) is 4. The molecular formula is C64H62N4. The largest absolute Gasteiger partial charge is 0.311 e. The van der Waals surface area contributed by atoms with E-state index < -0.39 is 0 Å². The van der Waals surface area contributed by atoms with Gasteiger partial charge in [0, 0.05) is 68.3 Å². The molecule has 0 spiro atoms. The fourth-order valence-electron chi connectivity index (χ4n) is 9.75. The molecule has 8 aromatic rings. The van der Waals surface area contributed by atoms with E-state index in [1.807, 2.05) is 6.08 Å². The van der Waals surface area contributed by atoms with E-state index in [0.29, 0.717) is 0 Å². The van der Waals surface area contributed by atoms with Crippen molar-refractivity contribution in [1.82, 2.24) is 0 Å². The van der Waals surface area contributed by atoms with Gasteiger partial charge in [-0.15, -0.1) is 0 Å². The van der Waals surface area contributed by atoms with Crippen molar-refractivity contribution in [2.24, 2.45) is 0 Å². The van der Waals surface area contributed by atoms with Gasteiger partial charge in [-0.25, -0.2) is 0 Å². The first-order chi connectivity index (χ1) is 33.0. The minimum atomic E-state index is 1.03. The third-order valence-corrected chi connectivity index (χ3v) is 13.2. The average molecular weight is 887 g/mol. The number of anilines is 11. The third-order valence-electron chi connectivity index (χ3n) is 13.2. The maximum Gasteiger partial charge on any atom is 0.0495 e. The second-order valence-corrected chi connectivity index (χ2v) is 18.4. The van der Waals surface area contributed by atoms with Crippen molar-refractivity contribution in [3.05, 3.63) is 250 Å². The van der Waals surface area contributed by atoms with Crippen LogP contribution >= 0.6 is 0 Å². The number of para-hydroxylation sites is 3. The van der Waals surface area contributed by atoms with Crippen molar-refractivity contribution in [3.8, 4) is 0 Å². The first kappa shape index (κ1) is 45.3. The Bertz CT molecular complexity index is 3180. The van der Waals surface area contributed by atoms with Crippen molar-refractivity contribution in [2.75, 3.05) is 19.6 Å². The van der Waals surface area contributed by atoms with Gasteiger partial charge in [-0.05, 0) is 216 Å². The molecule has 0 amide bonds. The normalized spacial score (nSPS) is 12.2. The highest BCUT2D eigenvalue weighted by molar-refractivity contribution is 5.90. The van der Waals surface area contributed by atoms with Crippen LogP contribution in [0.5, 0.6) is 0 Å². The number of nitrogens with zero attached hydrogens (tertiary/aromatic N) is 4. The lowest BCUT2D eigenvalue weighted by molar-refractivity contribution is 0.932. The van der Waals surface area contributed by atoms with E-state index >= 15 is 0 Å². The molecule has 0 radical (unpaired) electrons. The van der Waals surface area contributed by atoms with Crippen molar-refractivity contribution < 1.29 is 0 Å². The monoisotopic (exact) mass is 886 g/mol. The lowest BCUT2D eigenvalue weighted by atomic mass is 9.98. The number of allylic oxidation sites excluding steroid dienone is 3. The molecule has 4 heteroatoms. The summed E-state index contributed by atoms with van der Waals surface area (Å²) in [6.45, 7) is 22.1. The second kappa shape index (κ2) is 19.6. The van der Waals surface area contributed by atoms with E-state index in [9.17, 15) is 0 Å². The zero-order valence-corrected chi connectivity index (χ0v) is 40.9. The summed E-state index contributed by atoms with van der Waals surface area (Å²) in [7, 11) is 0. The lowest BCUT2D eigenvalue weighted by Crippen LogP contribution is -2.20. The van der Waals surface area contributed by atoms with Crippen LogP contribution in [-0.2, 0) is 0 Å². The quantitative estimate of drug-likeness (QED) is 0.114. The fraction of sp³-hybridized carbons (Fsp3) is 0.156. The summed E-state index contributed by atoms with van der Waals surface area (Å²) in [5.41, 5.74) is 24.4. The Morgan fingerprint density at radius 3 is 1.15 bits per heavy atom. The summed E-state index contributed by atoms with van der Waals surface area (Å²) in [6, 6.07) is 64.0. The van der Waals surface area contributed by atoms with Crippen molar-refractivity contribution >= 4 is 68.6 Å². The molecule has 0 fully saturated rings. The van der Waals surface area contributed by atoms with Crippen LogP contribution < -0.4 is 19.6 Å². The third kappa shape index (κ3) is 9.15. The van der Waals surface area contributed by atoms with Crippen molar-refractivity contribution in [3.63, 3.8) is 0 Å². The van der Waals surface area contributed by atoms with E-state index in [4.69, 9.17) is 0 Å². The standard InChI is InChI=1S/C64H62N4/c1-10-52-25-22-34-58(43-52)67(55-30-18-13-19-31-55)61-39-51(9)64(42-48(61)6)68(62-40-46(4)59(37-49(62)7)65(53-26-14-11-15-27-53)56-32-20-23-44(2)35-56)63-41-47(5)60(38-50(63)8)66(54-28-16-12-17-29-54)57-33-21-24-45(3)36-57/h10-20,22-23,25-43H,1,21,24H2,2-9H3. The summed E-state index contributed by atoms with van der Waals surface area (Å²) in [6.07, 6.45) is 8.78. The molecule has 0 saturated carbocycles. The molecule has 0 bridgehead atoms. The minimum Gasteiger partial charge on any atom is -0.311 e. The van der Waals surface area contributed by atoms with Gasteiger partial charge < -0.3 is 19.6 Å². The lowest BCUT2D eigenvalue weighted by Gasteiger charge is -2.35. The summed E-state index contributed by atoms with van der Waals surface area (Å²) in [5, 5.41) is 0. The molecule has 338 valence electrons. The van der Waals surface area contributed by atoms with Gasteiger partial charge in [-0.2, -0.15) is 0 Å². The number of aryl methyl sites for hydroxylation is 7. The Morgan fingerprint density at radius 1 is 0.368 bits per heavy atom. The van der Waals surface area contributed by atoms with Crippen molar-refractivity contribution in [2.45, 2.75) is 68.2 Å². The van der Waals surface area contributed by atoms with Gasteiger partial charge in [0.05, 0.1) is 0 Å². The van der Waals surface area contributed by atoms with Crippen LogP contribution in [0.4, 0.5) is 62.6 Å². The van der Waals surface area contributed by atoms with Gasteiger partial charge in [-0.3, -0.25) is 0 Å². The molecule has 0 N–H and O–H groups in total. The first-order valence-electron chi connectivity index (χ1n) is 23.8. The van der Waals surface area contributed by atoms with E-state index in [-0.39, 0.29) is 0 Å². The Labute approximate surface area is 405 Å². The van der Waals surface area contributed by atoms with Gasteiger partial charge in [0.25, 0.3) is 0 Å². The molecule has 0 saturated heterocycles. The van der Waals surface area contributed by atoms with Gasteiger partial charge in [0.15, 0.2) is 0 Å². The molecule has 4 nitrogen and oxygen atoms in total. The zero-order chi connectivity index (χ0) is 47.5. The summed E-state index contributed by atoms with van der Waals surface area (Å²) >= 11 is 0. The highest BCUT2D eigenvalue weighted by atomic mass is 15.2. The fourth-order valence-corrected chi connectivity index (χ4v) is 9.75. The molecule has 0 aliphatic heterocycles. The van der Waals surface area contributed by atoms with Gasteiger partial charge in [0.1, 0.15) is 0 Å². The van der Waals surface area contributed by atoms with Crippen LogP contribution in [0.15, 0.2) is 206 Å². The van der Waals surface area contributed by atoms with E-state index in [1.165, 1.54) is 50.3 Å². The van der Waals surface area contributed by atoms with Crippen molar-refractivity contribution in [1.29, 1.82) is 0 Å². The van der Waals surface area contributed by atoms with Crippen LogP contribution in [0, 0.1) is 48.5 Å². The molecule has 0 atom stereocenters. The summed E-state index contributed by atoms with van der Waals surface area (Å²) in [5.74, 6) is 0. The van der Waals surface area contributed by atoms with Crippen LogP contribution in [0.25, 0.3) is 6.08 Å². The van der Waals surface area contributed by atoms with Crippen LogP contribution in [-0.4, -0.2) is 0 Å². The molecule has 68 heavy (non-hydrogen) atoms. The minimum absolute atomic E-state index is 1.03. The van der Waals surface area contributed by atoms with Crippen LogP contribution in [0.3, 0.4) is 0 Å². The van der Waals surface area contributed by atoms with E-state index in [0.717, 1.165) is 80.8 Å². The molecule has 9 rings (SSSR count). The molecule has 1 aliphatic rings. The molecule has 8 aromatic carbocycles. The highest BCUT2D eigenvalue weighted by Gasteiger charge is 2.27. The molecule has 1 aliphatic carbocycles. The SMILES string of the molecule is C=Cc1cccc(N(c2ccccc2)c2cc(C)c(N(c3cc(C)c(N(C4=CCCC(C)=C4)c4ccccc4)cc3C)c3cc(C)c(N(c4ccccc4)c4cccc(C)c4)cc3C)cc2C)c1. The average Bonchev–Trinajstić information content (AvgIpc) is 3.34. The van der Waals surface area contributed by atoms with Crippen LogP contribution in [0.1, 0.15) is 64.3 Å². The highest BCUT2D eigenvalue weighted by Crippen LogP contribution is 2.49. The molecule has 0 aromatic heterocycles. The number of rotatable bonds is 13. The van der Waals surface area contributed by atoms with Gasteiger partial charge in [-0.1, -0.05) is 103 Å². The molecular weight excluding hydrogens is 825 g/mol. The molecule has 0 unspecified atom stereocenters. The first-order valence-corrected chi connectivity index (χ1v) is 23.8. The van der Waals surface area contributed by atoms with E-state index in [2.05, 4.69) is 270 Å². The molecule has 0 heterocycles. The Kier molecular flexibility index (Phi) is 13.0. The maximum absolute atomic E-state index is 4.10. The summed E-state index contributed by atoms with van der Waals surface area (Å²) < 4.78 is 0. The second-order valence-electron chi connectivity index (χ2n) is 18.4. The van der Waals surface area contributed by atoms with Gasteiger partial charge >= 0.3 is 0 Å². The van der Waals surface area contributed by atoms with Crippen LogP contribution in [0.2, 0.25) is 0 Å². The topological polar surface area (TPSA) is 13.0 Å². The zero-order valence-electron chi connectivity index (χ0n) is 40.9. The number of hydrogen-bond donors (Lipinski definition) is 0. The predicted octanol–water partition coefficient (Wildman–Crippen LogP) is 18.7. The Hall–Kier alpha value is -7.82. The Morgan fingerprint density at radius 2 is 0.735 bits per heavy atom. The predicted molar refractivity (Wildman–Crippen MR) is 293 cm³/mol. The summed E-state index contributed by atoms with van der Waals surface area (Å²) in [4.78, 5) is 9.73. The Balaban J connectivity index is 1.25. The van der Waals surface area contributed by atoms with Gasteiger partial charge in [0.2, 0.25) is 0 Å².